The molecule has 0 saturated carbocycles. The van der Waals surface area contributed by atoms with E-state index in [0.29, 0.717) is 22.4 Å². The van der Waals surface area contributed by atoms with E-state index in [-0.39, 0.29) is 24.5 Å². The lowest BCUT2D eigenvalue weighted by Gasteiger charge is -2.18. The summed E-state index contributed by atoms with van der Waals surface area (Å²) in [6.07, 6.45) is -3.02. The Morgan fingerprint density at radius 1 is 1.17 bits per heavy atom. The van der Waals surface area contributed by atoms with Crippen LogP contribution in [0.3, 0.4) is 0 Å². The molecule has 0 saturated heterocycles. The molecule has 3 rings (SSSR count). The van der Waals surface area contributed by atoms with E-state index < -0.39 is 17.9 Å². The number of carbonyl (C=O) groups is 1. The van der Waals surface area contributed by atoms with Crippen molar-refractivity contribution in [1.82, 2.24) is 14.9 Å². The van der Waals surface area contributed by atoms with Crippen LogP contribution in [0.2, 0.25) is 0 Å². The standard InChI is InChI=1S/C21H22F3N3O3/c1-13(26-19(28)10-14-6-7-16(29-2)17(9-14)30-3)12-27-18(21(22,23)24)11-15-5-4-8-25-20(15)27/h4-9,11,13H,10,12H2,1-3H3,(H,26,28)/t13-/m0/s1. The van der Waals surface area contributed by atoms with Crippen LogP contribution in [0.15, 0.2) is 42.6 Å². The maximum Gasteiger partial charge on any atom is 0.431 e. The third-order valence-corrected chi connectivity index (χ3v) is 4.62. The molecule has 1 amide bonds. The van der Waals surface area contributed by atoms with Crippen molar-refractivity contribution >= 4 is 16.9 Å². The Morgan fingerprint density at radius 3 is 2.57 bits per heavy atom. The van der Waals surface area contributed by atoms with Gasteiger partial charge in [-0.05, 0) is 42.8 Å². The Bertz CT molecular complexity index is 1050. The summed E-state index contributed by atoms with van der Waals surface area (Å²) in [5.74, 6) is 0.727. The van der Waals surface area contributed by atoms with Crippen LogP contribution in [0.1, 0.15) is 18.2 Å². The number of hydrogen-bond acceptors (Lipinski definition) is 4. The van der Waals surface area contributed by atoms with Gasteiger partial charge in [-0.3, -0.25) is 4.79 Å². The summed E-state index contributed by atoms with van der Waals surface area (Å²) in [5, 5.41) is 3.15. The zero-order valence-corrected chi connectivity index (χ0v) is 16.8. The molecule has 0 unspecified atom stereocenters. The number of rotatable bonds is 7. The van der Waals surface area contributed by atoms with Gasteiger partial charge < -0.3 is 19.4 Å². The van der Waals surface area contributed by atoms with Crippen LogP contribution < -0.4 is 14.8 Å². The van der Waals surface area contributed by atoms with E-state index in [1.165, 1.54) is 20.4 Å². The Morgan fingerprint density at radius 2 is 1.90 bits per heavy atom. The first kappa shape index (κ1) is 21.5. The first-order valence-electron chi connectivity index (χ1n) is 9.24. The monoisotopic (exact) mass is 421 g/mol. The lowest BCUT2D eigenvalue weighted by Crippen LogP contribution is -2.37. The summed E-state index contributed by atoms with van der Waals surface area (Å²) in [4.78, 5) is 16.5. The Kier molecular flexibility index (Phi) is 6.19. The van der Waals surface area contributed by atoms with Crippen LogP contribution in [0.5, 0.6) is 11.5 Å². The quantitative estimate of drug-likeness (QED) is 0.630. The number of methoxy groups -OCH3 is 2. The summed E-state index contributed by atoms with van der Waals surface area (Å²) in [6, 6.07) is 8.80. The van der Waals surface area contributed by atoms with Crippen LogP contribution in [-0.2, 0) is 23.9 Å². The average molecular weight is 421 g/mol. The van der Waals surface area contributed by atoms with Crippen molar-refractivity contribution in [2.45, 2.75) is 32.1 Å². The van der Waals surface area contributed by atoms with E-state index in [2.05, 4.69) is 10.3 Å². The second-order valence-electron chi connectivity index (χ2n) is 6.89. The molecule has 6 nitrogen and oxygen atoms in total. The van der Waals surface area contributed by atoms with Gasteiger partial charge in [-0.2, -0.15) is 13.2 Å². The minimum Gasteiger partial charge on any atom is -0.493 e. The topological polar surface area (TPSA) is 65.4 Å². The predicted molar refractivity (Wildman–Crippen MR) is 106 cm³/mol. The van der Waals surface area contributed by atoms with Gasteiger partial charge in [0.25, 0.3) is 0 Å². The highest BCUT2D eigenvalue weighted by Crippen LogP contribution is 2.33. The van der Waals surface area contributed by atoms with Crippen molar-refractivity contribution < 1.29 is 27.4 Å². The van der Waals surface area contributed by atoms with E-state index in [1.807, 2.05) is 0 Å². The molecule has 2 heterocycles. The number of ether oxygens (including phenoxy) is 2. The van der Waals surface area contributed by atoms with Gasteiger partial charge in [-0.15, -0.1) is 0 Å². The van der Waals surface area contributed by atoms with Gasteiger partial charge in [0.2, 0.25) is 5.91 Å². The zero-order chi connectivity index (χ0) is 21.9. The predicted octanol–water partition coefficient (Wildman–Crippen LogP) is 3.82. The van der Waals surface area contributed by atoms with E-state index in [0.717, 1.165) is 10.6 Å². The maximum atomic E-state index is 13.5. The number of amides is 1. The van der Waals surface area contributed by atoms with Crippen LogP contribution in [0.4, 0.5) is 13.2 Å². The summed E-state index contributed by atoms with van der Waals surface area (Å²) in [6.45, 7) is 1.59. The van der Waals surface area contributed by atoms with Gasteiger partial charge in [0.1, 0.15) is 11.3 Å². The number of halogens is 3. The van der Waals surface area contributed by atoms with Gasteiger partial charge in [0.05, 0.1) is 20.6 Å². The van der Waals surface area contributed by atoms with Crippen molar-refractivity contribution in [3.63, 3.8) is 0 Å². The van der Waals surface area contributed by atoms with Gasteiger partial charge in [0.15, 0.2) is 11.5 Å². The van der Waals surface area contributed by atoms with Crippen molar-refractivity contribution in [2.75, 3.05) is 14.2 Å². The number of alkyl halides is 3. The molecule has 0 aliphatic rings. The molecule has 0 fully saturated rings. The minimum atomic E-state index is -4.52. The molecule has 1 atom stereocenters. The highest BCUT2D eigenvalue weighted by atomic mass is 19.4. The molecule has 2 aromatic heterocycles. The summed E-state index contributed by atoms with van der Waals surface area (Å²) >= 11 is 0. The molecule has 0 aliphatic carbocycles. The first-order chi connectivity index (χ1) is 14.2. The molecule has 0 spiro atoms. The highest BCUT2D eigenvalue weighted by molar-refractivity contribution is 5.79. The van der Waals surface area contributed by atoms with Crippen molar-refractivity contribution in [3.05, 3.63) is 53.9 Å². The van der Waals surface area contributed by atoms with Crippen LogP contribution >= 0.6 is 0 Å². The third-order valence-electron chi connectivity index (χ3n) is 4.62. The first-order valence-corrected chi connectivity index (χ1v) is 9.24. The van der Waals surface area contributed by atoms with Crippen molar-refractivity contribution in [1.29, 1.82) is 0 Å². The lowest BCUT2D eigenvalue weighted by atomic mass is 10.1. The average Bonchev–Trinajstić information content (AvgIpc) is 3.06. The van der Waals surface area contributed by atoms with Gasteiger partial charge >= 0.3 is 6.18 Å². The third kappa shape index (κ3) is 4.67. The number of benzene rings is 1. The summed E-state index contributed by atoms with van der Waals surface area (Å²) in [5.41, 5.74) is 0.129. The number of aromatic nitrogens is 2. The van der Waals surface area contributed by atoms with Gasteiger partial charge in [0, 0.05) is 24.2 Å². The van der Waals surface area contributed by atoms with E-state index in [1.54, 1.807) is 37.3 Å². The molecule has 1 aromatic carbocycles. The van der Waals surface area contributed by atoms with Gasteiger partial charge in [-0.25, -0.2) is 4.98 Å². The highest BCUT2D eigenvalue weighted by Gasteiger charge is 2.36. The second kappa shape index (κ2) is 8.64. The van der Waals surface area contributed by atoms with Crippen molar-refractivity contribution in [3.8, 4) is 11.5 Å². The Labute approximate surface area is 171 Å². The molecular weight excluding hydrogens is 399 g/mol. The number of pyridine rings is 1. The minimum absolute atomic E-state index is 0.0570. The Balaban J connectivity index is 1.73. The zero-order valence-electron chi connectivity index (χ0n) is 16.8. The fourth-order valence-corrected chi connectivity index (χ4v) is 3.33. The molecular formula is C21H22F3N3O3. The fourth-order valence-electron chi connectivity index (χ4n) is 3.33. The normalized spacial score (nSPS) is 12.6. The van der Waals surface area contributed by atoms with Crippen molar-refractivity contribution in [2.24, 2.45) is 0 Å². The van der Waals surface area contributed by atoms with Crippen LogP contribution in [-0.4, -0.2) is 35.7 Å². The van der Waals surface area contributed by atoms with Gasteiger partial charge in [-0.1, -0.05) is 6.07 Å². The Hall–Kier alpha value is -3.23. The number of nitrogens with zero attached hydrogens (tertiary/aromatic N) is 2. The lowest BCUT2D eigenvalue weighted by molar-refractivity contribution is -0.143. The molecule has 1 N–H and O–H groups in total. The van der Waals surface area contributed by atoms with E-state index in [4.69, 9.17) is 9.47 Å². The van der Waals surface area contributed by atoms with E-state index in [9.17, 15) is 18.0 Å². The number of carbonyl (C=O) groups excluding carboxylic acids is 1. The molecule has 0 bridgehead atoms. The SMILES string of the molecule is COc1ccc(CC(=O)N[C@@H](C)Cn2c(C(F)(F)F)cc3cccnc32)cc1OC. The largest absolute Gasteiger partial charge is 0.493 e. The summed E-state index contributed by atoms with van der Waals surface area (Å²) in [7, 11) is 3.01. The summed E-state index contributed by atoms with van der Waals surface area (Å²) < 4.78 is 51.9. The molecule has 0 aliphatic heterocycles. The second-order valence-corrected chi connectivity index (χ2v) is 6.89. The fraction of sp³-hybridized carbons (Fsp3) is 0.333. The maximum absolute atomic E-state index is 13.5. The van der Waals surface area contributed by atoms with Crippen LogP contribution in [0.25, 0.3) is 11.0 Å². The number of hydrogen-bond donors (Lipinski definition) is 1. The molecule has 30 heavy (non-hydrogen) atoms. The molecule has 0 radical (unpaired) electrons. The molecule has 160 valence electrons. The van der Waals surface area contributed by atoms with Crippen LogP contribution in [0, 0.1) is 0 Å². The molecule has 3 aromatic rings. The van der Waals surface area contributed by atoms with E-state index >= 15 is 0 Å². The number of fused-ring (bicyclic) bond motifs is 1. The smallest absolute Gasteiger partial charge is 0.431 e. The number of nitrogens with one attached hydrogen (secondary N) is 1. The molecule has 9 heteroatoms.